The van der Waals surface area contributed by atoms with E-state index in [0.29, 0.717) is 35.6 Å². The van der Waals surface area contributed by atoms with Gasteiger partial charge in [-0.05, 0) is 49.2 Å². The van der Waals surface area contributed by atoms with Crippen LogP contribution in [-0.4, -0.2) is 41.7 Å². The van der Waals surface area contributed by atoms with Crippen molar-refractivity contribution in [2.45, 2.75) is 12.8 Å². The second kappa shape index (κ2) is 8.04. The minimum atomic E-state index is -1.07. The summed E-state index contributed by atoms with van der Waals surface area (Å²) in [6, 6.07) is 21.1. The number of benzene rings is 2. The minimum absolute atomic E-state index is 0.0669. The molecule has 0 aliphatic heterocycles. The Hall–Kier alpha value is -4.20. The highest BCUT2D eigenvalue weighted by Gasteiger charge is 2.18. The van der Waals surface area contributed by atoms with Crippen LogP contribution < -0.4 is 0 Å². The van der Waals surface area contributed by atoms with Crippen LogP contribution in [0.4, 0.5) is 0 Å². The first-order chi connectivity index (χ1) is 14.5. The molecule has 0 radical (unpaired) electrons. The summed E-state index contributed by atoms with van der Waals surface area (Å²) in [5.74, 6) is -2.14. The number of aromatic nitrogens is 4. The first-order valence-corrected chi connectivity index (χ1v) is 9.28. The molecule has 4 rings (SSSR count). The average molecular weight is 402 g/mol. The van der Waals surface area contributed by atoms with Gasteiger partial charge in [-0.15, -0.1) is 0 Å². The fourth-order valence-electron chi connectivity index (χ4n) is 3.20. The fourth-order valence-corrected chi connectivity index (χ4v) is 3.20. The van der Waals surface area contributed by atoms with E-state index in [1.165, 1.54) is 21.5 Å². The normalized spacial score (nSPS) is 10.8. The van der Waals surface area contributed by atoms with Gasteiger partial charge in [0, 0.05) is 0 Å². The van der Waals surface area contributed by atoms with Crippen LogP contribution in [0.3, 0.4) is 0 Å². The summed E-state index contributed by atoms with van der Waals surface area (Å²) < 4.78 is 2.78. The van der Waals surface area contributed by atoms with Crippen molar-refractivity contribution in [3.63, 3.8) is 0 Å². The minimum Gasteiger partial charge on any atom is -0.477 e. The summed E-state index contributed by atoms with van der Waals surface area (Å²) in [6.45, 7) is 0. The zero-order valence-electron chi connectivity index (χ0n) is 15.8. The van der Waals surface area contributed by atoms with E-state index in [4.69, 9.17) is 0 Å². The Kier molecular flexibility index (Phi) is 5.13. The van der Waals surface area contributed by atoms with Gasteiger partial charge in [-0.1, -0.05) is 36.4 Å². The van der Waals surface area contributed by atoms with Crippen molar-refractivity contribution in [1.82, 2.24) is 19.6 Å². The zero-order chi connectivity index (χ0) is 21.1. The molecule has 8 heteroatoms. The van der Waals surface area contributed by atoms with Gasteiger partial charge in [0.2, 0.25) is 0 Å². The number of aryl methyl sites for hydroxylation is 2. The van der Waals surface area contributed by atoms with Gasteiger partial charge in [0.15, 0.2) is 11.4 Å². The van der Waals surface area contributed by atoms with Gasteiger partial charge in [-0.25, -0.2) is 19.0 Å². The molecule has 0 amide bonds. The molecular weight excluding hydrogens is 384 g/mol. The lowest BCUT2D eigenvalue weighted by Gasteiger charge is -2.03. The predicted octanol–water partition coefficient (Wildman–Crippen LogP) is 3.24. The summed E-state index contributed by atoms with van der Waals surface area (Å²) in [7, 11) is 0. The van der Waals surface area contributed by atoms with Crippen molar-refractivity contribution in [3.05, 3.63) is 95.6 Å². The SMILES string of the molecule is O=C(O)c1cc(CCc2cc(C(=O)O)n(-c3ccccc3)n2)nn1-c1ccccc1. The van der Waals surface area contributed by atoms with Crippen LogP contribution in [-0.2, 0) is 12.8 Å². The van der Waals surface area contributed by atoms with E-state index < -0.39 is 11.9 Å². The quantitative estimate of drug-likeness (QED) is 0.491. The molecular formula is C22H18N4O4. The Morgan fingerprint density at radius 3 is 1.37 bits per heavy atom. The van der Waals surface area contributed by atoms with Gasteiger partial charge in [0.1, 0.15) is 0 Å². The van der Waals surface area contributed by atoms with Gasteiger partial charge < -0.3 is 10.2 Å². The average Bonchev–Trinajstić information content (AvgIpc) is 3.38. The maximum absolute atomic E-state index is 11.6. The molecule has 4 aromatic rings. The molecule has 0 bridgehead atoms. The highest BCUT2D eigenvalue weighted by Crippen LogP contribution is 2.17. The molecule has 0 unspecified atom stereocenters. The molecule has 8 nitrogen and oxygen atoms in total. The van der Waals surface area contributed by atoms with Gasteiger partial charge in [0.05, 0.1) is 22.8 Å². The first kappa shape index (κ1) is 19.1. The van der Waals surface area contributed by atoms with E-state index in [-0.39, 0.29) is 11.4 Å². The van der Waals surface area contributed by atoms with Crippen molar-refractivity contribution in [3.8, 4) is 11.4 Å². The van der Waals surface area contributed by atoms with E-state index in [9.17, 15) is 19.8 Å². The molecule has 150 valence electrons. The van der Waals surface area contributed by atoms with E-state index in [1.54, 1.807) is 24.3 Å². The number of carboxylic acid groups (broad SMARTS) is 2. The molecule has 2 N–H and O–H groups in total. The maximum atomic E-state index is 11.6. The molecule has 0 aliphatic carbocycles. The summed E-state index contributed by atoms with van der Waals surface area (Å²) in [6.07, 6.45) is 0.843. The molecule has 0 atom stereocenters. The lowest BCUT2D eigenvalue weighted by Crippen LogP contribution is -2.07. The molecule has 0 spiro atoms. The molecule has 0 aliphatic rings. The zero-order valence-corrected chi connectivity index (χ0v) is 15.8. The number of para-hydroxylation sites is 2. The van der Waals surface area contributed by atoms with Gasteiger partial charge in [-0.2, -0.15) is 10.2 Å². The second-order valence-electron chi connectivity index (χ2n) is 6.65. The van der Waals surface area contributed by atoms with Crippen LogP contribution in [0, 0.1) is 0 Å². The number of rotatable bonds is 7. The standard InChI is InChI=1S/C22H18N4O4/c27-21(28)19-13-15(23-25(19)17-7-3-1-4-8-17)11-12-16-14-20(22(29)30)26(24-16)18-9-5-2-6-10-18/h1-10,13-14H,11-12H2,(H,27,28)(H,29,30). The monoisotopic (exact) mass is 402 g/mol. The second-order valence-corrected chi connectivity index (χ2v) is 6.65. The maximum Gasteiger partial charge on any atom is 0.354 e. The number of nitrogens with zero attached hydrogens (tertiary/aromatic N) is 4. The highest BCUT2D eigenvalue weighted by molar-refractivity contribution is 5.87. The molecule has 2 aromatic carbocycles. The lowest BCUT2D eigenvalue weighted by atomic mass is 10.2. The number of aromatic carboxylic acids is 2. The third kappa shape index (κ3) is 3.83. The van der Waals surface area contributed by atoms with Crippen LogP contribution in [0.25, 0.3) is 11.4 Å². The van der Waals surface area contributed by atoms with Crippen molar-refractivity contribution in [1.29, 1.82) is 0 Å². The number of carboxylic acids is 2. The lowest BCUT2D eigenvalue weighted by molar-refractivity contribution is 0.0676. The van der Waals surface area contributed by atoms with Gasteiger partial charge >= 0.3 is 11.9 Å². The van der Waals surface area contributed by atoms with Crippen molar-refractivity contribution < 1.29 is 19.8 Å². The molecule has 2 heterocycles. The molecule has 0 saturated heterocycles. The fraction of sp³-hybridized carbons (Fsp3) is 0.0909. The van der Waals surface area contributed by atoms with Crippen molar-refractivity contribution in [2.24, 2.45) is 0 Å². The highest BCUT2D eigenvalue weighted by atomic mass is 16.4. The van der Waals surface area contributed by atoms with Gasteiger partial charge in [-0.3, -0.25) is 0 Å². The Bertz CT molecular complexity index is 1100. The van der Waals surface area contributed by atoms with Crippen LogP contribution >= 0.6 is 0 Å². The van der Waals surface area contributed by atoms with Crippen LogP contribution in [0.1, 0.15) is 32.4 Å². The van der Waals surface area contributed by atoms with Crippen LogP contribution in [0.5, 0.6) is 0 Å². The first-order valence-electron chi connectivity index (χ1n) is 9.28. The van der Waals surface area contributed by atoms with E-state index >= 15 is 0 Å². The van der Waals surface area contributed by atoms with E-state index in [0.717, 1.165) is 0 Å². The summed E-state index contributed by atoms with van der Waals surface area (Å²) in [4.78, 5) is 23.2. The number of carbonyl (C=O) groups is 2. The third-order valence-corrected chi connectivity index (χ3v) is 4.60. The molecule has 2 aromatic heterocycles. The molecule has 30 heavy (non-hydrogen) atoms. The molecule has 0 fully saturated rings. The van der Waals surface area contributed by atoms with E-state index in [2.05, 4.69) is 10.2 Å². The smallest absolute Gasteiger partial charge is 0.354 e. The largest absolute Gasteiger partial charge is 0.477 e. The Balaban J connectivity index is 1.60. The van der Waals surface area contributed by atoms with Crippen LogP contribution in [0.2, 0.25) is 0 Å². The summed E-state index contributed by atoms with van der Waals surface area (Å²) >= 11 is 0. The topological polar surface area (TPSA) is 110 Å². The van der Waals surface area contributed by atoms with E-state index in [1.807, 2.05) is 36.4 Å². The van der Waals surface area contributed by atoms with Gasteiger partial charge in [0.25, 0.3) is 0 Å². The predicted molar refractivity (Wildman–Crippen MR) is 108 cm³/mol. The molecule has 0 saturated carbocycles. The number of hydrogen-bond acceptors (Lipinski definition) is 4. The summed E-state index contributed by atoms with van der Waals surface area (Å²) in [5.41, 5.74) is 2.62. The van der Waals surface area contributed by atoms with Crippen LogP contribution in [0.15, 0.2) is 72.8 Å². The van der Waals surface area contributed by atoms with Crippen molar-refractivity contribution in [2.75, 3.05) is 0 Å². The Labute approximate surface area is 171 Å². The Morgan fingerprint density at radius 1 is 0.667 bits per heavy atom. The Morgan fingerprint density at radius 2 is 1.03 bits per heavy atom. The van der Waals surface area contributed by atoms with Crippen molar-refractivity contribution >= 4 is 11.9 Å². The summed E-state index contributed by atoms with van der Waals surface area (Å²) in [5, 5.41) is 27.9. The third-order valence-electron chi connectivity index (χ3n) is 4.60. The number of hydrogen-bond donors (Lipinski definition) is 2.